The Morgan fingerprint density at radius 3 is 2.60 bits per heavy atom. The zero-order valence-corrected chi connectivity index (χ0v) is 15.1. The summed E-state index contributed by atoms with van der Waals surface area (Å²) < 4.78 is 5.11. The molecular formula is C19H21NO4S. The van der Waals surface area contributed by atoms with Gasteiger partial charge in [0.2, 0.25) is 5.91 Å². The maximum Gasteiger partial charge on any atom is 0.341 e. The normalized spacial score (nSPS) is 18.6. The van der Waals surface area contributed by atoms with Crippen LogP contribution in [-0.2, 0) is 16.1 Å². The molecule has 0 aliphatic heterocycles. The van der Waals surface area contributed by atoms with Gasteiger partial charge in [0.1, 0.15) is 5.75 Å². The molecule has 2 atom stereocenters. The first-order valence-electron chi connectivity index (χ1n) is 8.18. The molecule has 1 aromatic carbocycles. The van der Waals surface area contributed by atoms with Crippen LogP contribution in [0.25, 0.3) is 0 Å². The van der Waals surface area contributed by atoms with E-state index in [1.165, 1.54) is 10.4 Å². The van der Waals surface area contributed by atoms with E-state index in [-0.39, 0.29) is 18.4 Å². The average Bonchev–Trinajstić information content (AvgIpc) is 3.26. The standard InChI is InChI=1S/C19H21NO4S/c1-12-7-8-25-18(12)15-9-16(15)19(23)20(2)10-13-3-5-14(6-4-13)24-11-17(21)22/h3-8,15-16H,9-11H2,1-2H3,(H,21,22). The van der Waals surface area contributed by atoms with Gasteiger partial charge in [0.15, 0.2) is 6.61 Å². The summed E-state index contributed by atoms with van der Waals surface area (Å²) in [5.74, 6) is 0.163. The summed E-state index contributed by atoms with van der Waals surface area (Å²) in [6.07, 6.45) is 0.937. The maximum absolute atomic E-state index is 12.6. The third-order valence-electron chi connectivity index (χ3n) is 4.43. The van der Waals surface area contributed by atoms with E-state index >= 15 is 0 Å². The van der Waals surface area contributed by atoms with Gasteiger partial charge in [-0.05, 0) is 48.1 Å². The summed E-state index contributed by atoms with van der Waals surface area (Å²) in [6, 6.07) is 9.28. The predicted octanol–water partition coefficient (Wildman–Crippen LogP) is 3.28. The number of ether oxygens (including phenoxy) is 1. The Balaban J connectivity index is 1.54. The molecule has 132 valence electrons. The van der Waals surface area contributed by atoms with Crippen LogP contribution in [0.15, 0.2) is 35.7 Å². The van der Waals surface area contributed by atoms with Crippen LogP contribution in [0.4, 0.5) is 0 Å². The van der Waals surface area contributed by atoms with E-state index in [9.17, 15) is 9.59 Å². The molecule has 2 unspecified atom stereocenters. The van der Waals surface area contributed by atoms with Crippen molar-refractivity contribution in [1.29, 1.82) is 0 Å². The Hall–Kier alpha value is -2.34. The number of nitrogens with zero attached hydrogens (tertiary/aromatic N) is 1. The van der Waals surface area contributed by atoms with Crippen molar-refractivity contribution in [1.82, 2.24) is 4.90 Å². The molecule has 1 amide bonds. The number of thiophene rings is 1. The third kappa shape index (κ3) is 4.20. The monoisotopic (exact) mass is 359 g/mol. The van der Waals surface area contributed by atoms with Crippen molar-refractivity contribution < 1.29 is 19.4 Å². The summed E-state index contributed by atoms with van der Waals surface area (Å²) in [4.78, 5) is 26.2. The lowest BCUT2D eigenvalue weighted by Gasteiger charge is -2.17. The topological polar surface area (TPSA) is 66.8 Å². The van der Waals surface area contributed by atoms with Gasteiger partial charge >= 0.3 is 5.97 Å². The Kier molecular flexibility index (Phi) is 5.08. The minimum atomic E-state index is -1.01. The van der Waals surface area contributed by atoms with Gasteiger partial charge in [-0.15, -0.1) is 11.3 Å². The molecule has 1 aliphatic rings. The molecule has 6 heteroatoms. The number of aryl methyl sites for hydroxylation is 1. The van der Waals surface area contributed by atoms with Crippen LogP contribution >= 0.6 is 11.3 Å². The number of carbonyl (C=O) groups is 2. The van der Waals surface area contributed by atoms with Crippen molar-refractivity contribution >= 4 is 23.2 Å². The molecule has 25 heavy (non-hydrogen) atoms. The number of rotatable bonds is 7. The van der Waals surface area contributed by atoms with Gasteiger partial charge in [-0.3, -0.25) is 4.79 Å². The minimum Gasteiger partial charge on any atom is -0.482 e. The largest absolute Gasteiger partial charge is 0.482 e. The minimum absolute atomic E-state index is 0.0977. The predicted molar refractivity (Wildman–Crippen MR) is 96.0 cm³/mol. The second-order valence-electron chi connectivity index (χ2n) is 6.44. The molecule has 1 aromatic heterocycles. The molecule has 2 aromatic rings. The summed E-state index contributed by atoms with van der Waals surface area (Å²) in [5.41, 5.74) is 2.27. The van der Waals surface area contributed by atoms with Crippen LogP contribution < -0.4 is 4.74 Å². The molecule has 1 aliphatic carbocycles. The molecule has 1 heterocycles. The van der Waals surface area contributed by atoms with E-state index < -0.39 is 5.97 Å². The number of amides is 1. The first-order chi connectivity index (χ1) is 12.0. The second-order valence-corrected chi connectivity index (χ2v) is 7.38. The number of aliphatic carboxylic acids is 1. The van der Waals surface area contributed by atoms with Gasteiger partial charge in [0, 0.05) is 30.3 Å². The number of carboxylic acids is 1. The smallest absolute Gasteiger partial charge is 0.341 e. The highest BCUT2D eigenvalue weighted by Gasteiger charge is 2.46. The Labute approximate surface area is 150 Å². The Morgan fingerprint density at radius 2 is 2.00 bits per heavy atom. The zero-order valence-electron chi connectivity index (χ0n) is 14.3. The van der Waals surface area contributed by atoms with Crippen molar-refractivity contribution in [3.63, 3.8) is 0 Å². The molecule has 0 spiro atoms. The number of hydrogen-bond donors (Lipinski definition) is 1. The van der Waals surface area contributed by atoms with Gasteiger partial charge in [-0.2, -0.15) is 0 Å². The quantitative estimate of drug-likeness (QED) is 0.824. The number of carbonyl (C=O) groups excluding carboxylic acids is 1. The molecule has 1 N–H and O–H groups in total. The van der Waals surface area contributed by atoms with Gasteiger partial charge in [-0.25, -0.2) is 4.79 Å². The van der Waals surface area contributed by atoms with Crippen molar-refractivity contribution in [2.24, 2.45) is 5.92 Å². The summed E-state index contributed by atoms with van der Waals surface area (Å²) in [6.45, 7) is 2.27. The Bertz CT molecular complexity index is 768. The molecule has 3 rings (SSSR count). The molecular weight excluding hydrogens is 338 g/mol. The van der Waals surface area contributed by atoms with E-state index in [2.05, 4.69) is 18.4 Å². The summed E-state index contributed by atoms with van der Waals surface area (Å²) in [7, 11) is 1.83. The highest BCUT2D eigenvalue weighted by molar-refractivity contribution is 7.10. The molecule has 1 saturated carbocycles. The first-order valence-corrected chi connectivity index (χ1v) is 9.06. The van der Waals surface area contributed by atoms with Gasteiger partial charge in [0.05, 0.1) is 0 Å². The maximum atomic E-state index is 12.6. The molecule has 0 saturated heterocycles. The second kappa shape index (κ2) is 7.27. The SMILES string of the molecule is Cc1ccsc1C1CC1C(=O)N(C)Cc1ccc(OCC(=O)O)cc1. The molecule has 0 radical (unpaired) electrons. The van der Waals surface area contributed by atoms with Crippen LogP contribution in [0.3, 0.4) is 0 Å². The molecule has 1 fully saturated rings. The van der Waals surface area contributed by atoms with Crippen molar-refractivity contribution in [3.8, 4) is 5.75 Å². The number of hydrogen-bond acceptors (Lipinski definition) is 4. The van der Waals surface area contributed by atoms with E-state index in [0.29, 0.717) is 18.2 Å². The number of benzene rings is 1. The van der Waals surface area contributed by atoms with Crippen LogP contribution in [0, 0.1) is 12.8 Å². The molecule has 5 nitrogen and oxygen atoms in total. The average molecular weight is 359 g/mol. The van der Waals surface area contributed by atoms with E-state index in [1.54, 1.807) is 28.4 Å². The van der Waals surface area contributed by atoms with Gasteiger partial charge in [0.25, 0.3) is 0 Å². The van der Waals surface area contributed by atoms with Crippen molar-refractivity contribution in [2.45, 2.75) is 25.8 Å². The lowest BCUT2D eigenvalue weighted by Crippen LogP contribution is -2.28. The van der Waals surface area contributed by atoms with Crippen molar-refractivity contribution in [3.05, 3.63) is 51.7 Å². The highest BCUT2D eigenvalue weighted by atomic mass is 32.1. The highest BCUT2D eigenvalue weighted by Crippen LogP contribution is 2.51. The lowest BCUT2D eigenvalue weighted by atomic mass is 10.1. The zero-order chi connectivity index (χ0) is 18.0. The summed E-state index contributed by atoms with van der Waals surface area (Å²) >= 11 is 1.74. The van der Waals surface area contributed by atoms with E-state index in [0.717, 1.165) is 12.0 Å². The number of carboxylic acid groups (broad SMARTS) is 1. The fourth-order valence-electron chi connectivity index (χ4n) is 2.99. The van der Waals surface area contributed by atoms with E-state index in [1.807, 2.05) is 19.2 Å². The molecule has 0 bridgehead atoms. The van der Waals surface area contributed by atoms with Gasteiger partial charge < -0.3 is 14.7 Å². The van der Waals surface area contributed by atoms with Crippen LogP contribution in [0.1, 0.15) is 28.3 Å². The van der Waals surface area contributed by atoms with Crippen LogP contribution in [0.5, 0.6) is 5.75 Å². The summed E-state index contributed by atoms with van der Waals surface area (Å²) in [5, 5.41) is 10.7. The third-order valence-corrected chi connectivity index (χ3v) is 5.58. The fraction of sp³-hybridized carbons (Fsp3) is 0.368. The van der Waals surface area contributed by atoms with Crippen LogP contribution in [-0.4, -0.2) is 35.5 Å². The first kappa shape index (κ1) is 17.5. The van der Waals surface area contributed by atoms with Crippen LogP contribution in [0.2, 0.25) is 0 Å². The Morgan fingerprint density at radius 1 is 1.28 bits per heavy atom. The van der Waals surface area contributed by atoms with E-state index in [4.69, 9.17) is 9.84 Å². The van der Waals surface area contributed by atoms with Crippen molar-refractivity contribution in [2.75, 3.05) is 13.7 Å². The lowest BCUT2D eigenvalue weighted by molar-refractivity contribution is -0.139. The van der Waals surface area contributed by atoms with Gasteiger partial charge in [-0.1, -0.05) is 12.1 Å². The fourth-order valence-corrected chi connectivity index (χ4v) is 4.10.